The van der Waals surface area contributed by atoms with E-state index in [9.17, 15) is 21.6 Å². The maximum absolute atomic E-state index is 12.7. The molecule has 24 heavy (non-hydrogen) atoms. The second kappa shape index (κ2) is 5.59. The third-order valence-corrected chi connectivity index (χ3v) is 5.19. The molecule has 0 spiro atoms. The zero-order valence-corrected chi connectivity index (χ0v) is 13.1. The number of hydrogen-bond donors (Lipinski definition) is 0. The standard InChI is InChI=1S/C15H11F3N2O3S/c1-2-24(21,22)12-6-4-3-5-10(12)13-20-11-7-9(15(16,17)18)8-19-14(11)23-13/h3-8H,2H2,1H3. The lowest BCUT2D eigenvalue weighted by Crippen LogP contribution is -2.05. The molecule has 0 amide bonds. The summed E-state index contributed by atoms with van der Waals surface area (Å²) in [5, 5.41) is 0. The van der Waals surface area contributed by atoms with Crippen LogP contribution >= 0.6 is 0 Å². The highest BCUT2D eigenvalue weighted by atomic mass is 32.2. The van der Waals surface area contributed by atoms with Gasteiger partial charge in [-0.2, -0.15) is 13.2 Å². The summed E-state index contributed by atoms with van der Waals surface area (Å²) < 4.78 is 67.9. The Bertz CT molecular complexity index is 1010. The monoisotopic (exact) mass is 356 g/mol. The van der Waals surface area contributed by atoms with Crippen LogP contribution in [-0.2, 0) is 16.0 Å². The van der Waals surface area contributed by atoms with Gasteiger partial charge in [-0.05, 0) is 18.2 Å². The predicted molar refractivity (Wildman–Crippen MR) is 80.0 cm³/mol. The Morgan fingerprint density at radius 2 is 1.92 bits per heavy atom. The molecule has 0 unspecified atom stereocenters. The van der Waals surface area contributed by atoms with Crippen LogP contribution < -0.4 is 0 Å². The number of hydrogen-bond acceptors (Lipinski definition) is 5. The van der Waals surface area contributed by atoms with Crippen LogP contribution in [0.15, 0.2) is 45.8 Å². The zero-order chi connectivity index (χ0) is 17.5. The Labute approximate surface area is 135 Å². The molecule has 9 heteroatoms. The first kappa shape index (κ1) is 16.4. The second-order valence-corrected chi connectivity index (χ2v) is 7.21. The van der Waals surface area contributed by atoms with Crippen molar-refractivity contribution in [1.29, 1.82) is 0 Å². The number of rotatable bonds is 3. The lowest BCUT2D eigenvalue weighted by Gasteiger charge is -2.05. The van der Waals surface area contributed by atoms with E-state index in [2.05, 4.69) is 9.97 Å². The van der Waals surface area contributed by atoms with E-state index in [4.69, 9.17) is 4.42 Å². The van der Waals surface area contributed by atoms with Crippen LogP contribution in [0.2, 0.25) is 0 Å². The Balaban J connectivity index is 2.18. The normalized spacial score (nSPS) is 12.7. The minimum Gasteiger partial charge on any atom is -0.418 e. The third kappa shape index (κ3) is 2.86. The van der Waals surface area contributed by atoms with Crippen molar-refractivity contribution in [2.24, 2.45) is 0 Å². The van der Waals surface area contributed by atoms with E-state index < -0.39 is 21.6 Å². The number of sulfone groups is 1. The Hall–Kier alpha value is -2.42. The highest BCUT2D eigenvalue weighted by Crippen LogP contribution is 2.33. The van der Waals surface area contributed by atoms with E-state index in [1.165, 1.54) is 19.1 Å². The summed E-state index contributed by atoms with van der Waals surface area (Å²) in [6.45, 7) is 1.50. The van der Waals surface area contributed by atoms with Gasteiger partial charge in [-0.15, -0.1) is 0 Å². The predicted octanol–water partition coefficient (Wildman–Crippen LogP) is 3.70. The van der Waals surface area contributed by atoms with Crippen molar-refractivity contribution in [2.75, 3.05) is 5.75 Å². The quantitative estimate of drug-likeness (QED) is 0.715. The largest absolute Gasteiger partial charge is 0.418 e. The molecular formula is C15H11F3N2O3S. The Morgan fingerprint density at radius 3 is 2.58 bits per heavy atom. The van der Waals surface area contributed by atoms with E-state index >= 15 is 0 Å². The molecule has 0 radical (unpaired) electrons. The molecule has 126 valence electrons. The number of benzene rings is 1. The molecule has 0 saturated carbocycles. The molecule has 0 aliphatic carbocycles. The first-order chi connectivity index (χ1) is 11.2. The molecule has 0 saturated heterocycles. The van der Waals surface area contributed by atoms with Gasteiger partial charge >= 0.3 is 6.18 Å². The molecule has 0 fully saturated rings. The van der Waals surface area contributed by atoms with E-state index in [1.54, 1.807) is 12.1 Å². The lowest BCUT2D eigenvalue weighted by atomic mass is 10.2. The van der Waals surface area contributed by atoms with Gasteiger partial charge in [-0.25, -0.2) is 18.4 Å². The smallest absolute Gasteiger partial charge is 0.417 e. The second-order valence-electron chi connectivity index (χ2n) is 4.96. The minimum absolute atomic E-state index is 0.00935. The van der Waals surface area contributed by atoms with Crippen LogP contribution in [0.3, 0.4) is 0 Å². The van der Waals surface area contributed by atoms with Gasteiger partial charge < -0.3 is 4.42 Å². The highest BCUT2D eigenvalue weighted by Gasteiger charge is 2.32. The van der Waals surface area contributed by atoms with E-state index in [-0.39, 0.29) is 33.3 Å². The highest BCUT2D eigenvalue weighted by molar-refractivity contribution is 7.91. The SMILES string of the molecule is CCS(=O)(=O)c1ccccc1-c1nc2cc(C(F)(F)F)cnc2o1. The number of nitrogens with zero attached hydrogens (tertiary/aromatic N) is 2. The van der Waals surface area contributed by atoms with Crippen molar-refractivity contribution in [3.8, 4) is 11.5 Å². The minimum atomic E-state index is -4.55. The fourth-order valence-electron chi connectivity index (χ4n) is 2.16. The lowest BCUT2D eigenvalue weighted by molar-refractivity contribution is -0.137. The van der Waals surface area contributed by atoms with Crippen molar-refractivity contribution in [1.82, 2.24) is 9.97 Å². The van der Waals surface area contributed by atoms with Gasteiger partial charge in [0.25, 0.3) is 0 Å². The summed E-state index contributed by atoms with van der Waals surface area (Å²) in [7, 11) is -3.55. The first-order valence-electron chi connectivity index (χ1n) is 6.88. The molecule has 0 atom stereocenters. The van der Waals surface area contributed by atoms with Crippen LogP contribution in [0.25, 0.3) is 22.7 Å². The fourth-order valence-corrected chi connectivity index (χ4v) is 3.25. The maximum Gasteiger partial charge on any atom is 0.417 e. The summed E-state index contributed by atoms with van der Waals surface area (Å²) in [5.74, 6) is -0.217. The van der Waals surface area contributed by atoms with Crippen LogP contribution in [0, 0.1) is 0 Å². The summed E-state index contributed by atoms with van der Waals surface area (Å²) in [6.07, 6.45) is -3.91. The number of pyridine rings is 1. The van der Waals surface area contributed by atoms with Gasteiger partial charge in [0.2, 0.25) is 11.6 Å². The van der Waals surface area contributed by atoms with E-state index in [1.807, 2.05) is 0 Å². The van der Waals surface area contributed by atoms with Crippen molar-refractivity contribution in [2.45, 2.75) is 18.0 Å². The van der Waals surface area contributed by atoms with Crippen molar-refractivity contribution in [3.63, 3.8) is 0 Å². The topological polar surface area (TPSA) is 73.1 Å². The molecule has 2 heterocycles. The number of aromatic nitrogens is 2. The first-order valence-corrected chi connectivity index (χ1v) is 8.53. The molecule has 0 N–H and O–H groups in total. The molecular weight excluding hydrogens is 345 g/mol. The number of oxazole rings is 1. The third-order valence-electron chi connectivity index (χ3n) is 3.41. The van der Waals surface area contributed by atoms with Crippen LogP contribution in [0.1, 0.15) is 12.5 Å². The Kier molecular flexibility index (Phi) is 3.83. The number of fused-ring (bicyclic) bond motifs is 1. The number of alkyl halides is 3. The molecule has 0 aliphatic heterocycles. The van der Waals surface area contributed by atoms with Gasteiger partial charge in [0.15, 0.2) is 9.84 Å². The fraction of sp³-hybridized carbons (Fsp3) is 0.200. The van der Waals surface area contributed by atoms with Crippen molar-refractivity contribution < 1.29 is 26.0 Å². The zero-order valence-electron chi connectivity index (χ0n) is 12.3. The summed E-state index contributed by atoms with van der Waals surface area (Å²) >= 11 is 0. The van der Waals surface area contributed by atoms with Crippen LogP contribution in [-0.4, -0.2) is 24.1 Å². The number of halogens is 3. The molecule has 0 aliphatic rings. The van der Waals surface area contributed by atoms with Gasteiger partial charge in [0.05, 0.1) is 21.8 Å². The molecule has 5 nitrogen and oxygen atoms in total. The van der Waals surface area contributed by atoms with Gasteiger partial charge in [0.1, 0.15) is 5.52 Å². The molecule has 3 aromatic rings. The Morgan fingerprint density at radius 1 is 1.21 bits per heavy atom. The van der Waals surface area contributed by atoms with E-state index in [0.29, 0.717) is 6.20 Å². The molecule has 0 bridgehead atoms. The molecule has 1 aromatic carbocycles. The average Bonchev–Trinajstić information content (AvgIpc) is 2.97. The molecule has 2 aromatic heterocycles. The van der Waals surface area contributed by atoms with Crippen LogP contribution in [0.5, 0.6) is 0 Å². The van der Waals surface area contributed by atoms with Crippen molar-refractivity contribution in [3.05, 3.63) is 42.1 Å². The van der Waals surface area contributed by atoms with E-state index in [0.717, 1.165) is 6.07 Å². The summed E-state index contributed by atoms with van der Waals surface area (Å²) in [5.41, 5.74) is -0.958. The van der Waals surface area contributed by atoms with Crippen LogP contribution in [0.4, 0.5) is 13.2 Å². The van der Waals surface area contributed by atoms with Crippen molar-refractivity contribution >= 4 is 21.1 Å². The summed E-state index contributed by atoms with van der Waals surface area (Å²) in [4.78, 5) is 7.59. The van der Waals surface area contributed by atoms with Gasteiger partial charge in [-0.1, -0.05) is 19.1 Å². The summed E-state index contributed by atoms with van der Waals surface area (Å²) in [6, 6.07) is 6.84. The van der Waals surface area contributed by atoms with Gasteiger partial charge in [0, 0.05) is 6.20 Å². The van der Waals surface area contributed by atoms with Gasteiger partial charge in [-0.3, -0.25) is 0 Å². The molecule has 3 rings (SSSR count). The average molecular weight is 356 g/mol. The maximum atomic E-state index is 12.7.